The van der Waals surface area contributed by atoms with Crippen molar-refractivity contribution < 1.29 is 28.6 Å². The van der Waals surface area contributed by atoms with Crippen molar-refractivity contribution in [1.82, 2.24) is 19.9 Å². The first kappa shape index (κ1) is 34.1. The Labute approximate surface area is 311 Å². The highest BCUT2D eigenvalue weighted by Crippen LogP contribution is 2.46. The fourth-order valence-corrected chi connectivity index (χ4v) is 10.9. The summed E-state index contributed by atoms with van der Waals surface area (Å²) >= 11 is 0. The van der Waals surface area contributed by atoms with Crippen molar-refractivity contribution in [1.29, 1.82) is 0 Å². The van der Waals surface area contributed by atoms with Crippen molar-refractivity contribution in [2.24, 2.45) is 0 Å². The van der Waals surface area contributed by atoms with Crippen LogP contribution < -0.4 is 10.9 Å². The first-order chi connectivity index (χ1) is 25.6. The lowest BCUT2D eigenvalue weighted by Gasteiger charge is -2.33. The molecule has 2 aromatic carbocycles. The van der Waals surface area contributed by atoms with Crippen molar-refractivity contribution in [3.8, 4) is 11.4 Å². The molecule has 9 rings (SSSR count). The molecule has 53 heavy (non-hydrogen) atoms. The van der Waals surface area contributed by atoms with E-state index in [1.807, 2.05) is 30.3 Å². The number of nitrogens with zero attached hydrogens (tertiary/aromatic N) is 3. The summed E-state index contributed by atoms with van der Waals surface area (Å²) in [5.74, 6) is -1.19. The molecule has 270 valence electrons. The lowest BCUT2D eigenvalue weighted by molar-refractivity contribution is -0.172. The molecule has 5 aromatic rings. The van der Waals surface area contributed by atoms with Gasteiger partial charge in [0.1, 0.15) is 23.6 Å². The molecule has 0 saturated heterocycles. The second-order valence-electron chi connectivity index (χ2n) is 14.1. The second kappa shape index (κ2) is 13.0. The number of alkyl carbamates (subject to hydrolysis) is 1. The number of aliphatic hydroxyl groups is 1. The number of cyclic esters (lactones) is 1. The molecular weight excluding hydrogens is 716 g/mol. The third-order valence-electron chi connectivity index (χ3n) is 11.2. The van der Waals surface area contributed by atoms with Gasteiger partial charge in [0.05, 0.1) is 40.3 Å². The van der Waals surface area contributed by atoms with E-state index in [9.17, 15) is 19.5 Å². The van der Waals surface area contributed by atoms with Crippen LogP contribution in [-0.4, -0.2) is 43.1 Å². The molecular formula is C40H35FN4O6S2. The summed E-state index contributed by atoms with van der Waals surface area (Å²) in [7, 11) is 3.21. The highest BCUT2D eigenvalue weighted by molar-refractivity contribution is 8.76. The lowest BCUT2D eigenvalue weighted by atomic mass is 9.81. The summed E-state index contributed by atoms with van der Waals surface area (Å²) < 4.78 is 28.5. The van der Waals surface area contributed by atoms with Gasteiger partial charge in [-0.2, -0.15) is 0 Å². The number of aryl methyl sites for hydroxylation is 1. The van der Waals surface area contributed by atoms with Gasteiger partial charge in [0.15, 0.2) is 5.60 Å². The van der Waals surface area contributed by atoms with Crippen LogP contribution in [0.1, 0.15) is 70.3 Å². The molecule has 3 aromatic heterocycles. The summed E-state index contributed by atoms with van der Waals surface area (Å²) in [5, 5.41) is 16.2. The Morgan fingerprint density at radius 2 is 1.91 bits per heavy atom. The van der Waals surface area contributed by atoms with Gasteiger partial charge in [-0.05, 0) is 89.4 Å². The Hall–Kier alpha value is -4.72. The lowest BCUT2D eigenvalue weighted by Crippen LogP contribution is -2.44. The number of ether oxygens (including phenoxy) is 2. The number of fused-ring (bicyclic) bond motifs is 6. The van der Waals surface area contributed by atoms with Gasteiger partial charge in [0, 0.05) is 35.2 Å². The van der Waals surface area contributed by atoms with Crippen molar-refractivity contribution in [2.75, 3.05) is 0 Å². The molecule has 1 amide bonds. The van der Waals surface area contributed by atoms with Gasteiger partial charge in [-0.3, -0.25) is 4.79 Å². The number of hydrogen-bond acceptors (Lipinski definition) is 10. The van der Waals surface area contributed by atoms with Crippen LogP contribution >= 0.6 is 21.6 Å². The number of rotatable bonds is 6. The van der Waals surface area contributed by atoms with Crippen LogP contribution in [0.4, 0.5) is 9.18 Å². The SMILES string of the molecule is CC[C@@]1(O)C(=O)OCc2c1cc1n(c2=O)Cc2c-1nc1cc(F)c(C)c3c1c2[C@@H](NC(=O)O[C@H]1Cc2ccccc2C[C@@H]1SSc1ccccn1)CC3. The first-order valence-corrected chi connectivity index (χ1v) is 20.0. The van der Waals surface area contributed by atoms with Crippen molar-refractivity contribution in [2.45, 2.75) is 87.1 Å². The van der Waals surface area contributed by atoms with E-state index in [0.29, 0.717) is 41.7 Å². The average Bonchev–Trinajstić information content (AvgIpc) is 3.54. The highest BCUT2D eigenvalue weighted by atomic mass is 33.1. The van der Waals surface area contributed by atoms with E-state index < -0.39 is 35.4 Å². The van der Waals surface area contributed by atoms with Gasteiger partial charge in [-0.15, -0.1) is 0 Å². The maximum absolute atomic E-state index is 15.4. The predicted molar refractivity (Wildman–Crippen MR) is 199 cm³/mol. The van der Waals surface area contributed by atoms with E-state index in [-0.39, 0.29) is 41.8 Å². The number of halogens is 1. The number of benzene rings is 2. The minimum absolute atomic E-state index is 0.0146. The van der Waals surface area contributed by atoms with Gasteiger partial charge in [-0.1, -0.05) is 48.0 Å². The summed E-state index contributed by atoms with van der Waals surface area (Å²) in [4.78, 5) is 50.1. The van der Waals surface area contributed by atoms with Gasteiger partial charge in [-0.25, -0.2) is 23.9 Å². The van der Waals surface area contributed by atoms with Gasteiger partial charge in [0.25, 0.3) is 5.56 Å². The number of carbonyl (C=O) groups excluding carboxylic acids is 2. The zero-order valence-corrected chi connectivity index (χ0v) is 30.6. The minimum atomic E-state index is -1.98. The molecule has 0 unspecified atom stereocenters. The summed E-state index contributed by atoms with van der Waals surface area (Å²) in [6.07, 6.45) is 3.12. The summed E-state index contributed by atoms with van der Waals surface area (Å²) in [6.45, 7) is 3.31. The van der Waals surface area contributed by atoms with Crippen molar-refractivity contribution >= 4 is 44.6 Å². The molecule has 0 bridgehead atoms. The molecule has 2 aliphatic heterocycles. The number of aromatic nitrogens is 3. The smallest absolute Gasteiger partial charge is 0.407 e. The molecule has 2 N–H and O–H groups in total. The van der Waals surface area contributed by atoms with E-state index >= 15 is 4.39 Å². The number of carbonyl (C=O) groups is 2. The van der Waals surface area contributed by atoms with Crippen LogP contribution in [-0.2, 0) is 52.3 Å². The third-order valence-corrected chi connectivity index (χ3v) is 14.0. The highest BCUT2D eigenvalue weighted by Gasteiger charge is 2.46. The molecule has 0 saturated carbocycles. The quantitative estimate of drug-likeness (QED) is 0.142. The van der Waals surface area contributed by atoms with E-state index in [0.717, 1.165) is 39.1 Å². The van der Waals surface area contributed by atoms with Crippen molar-refractivity contribution in [3.05, 3.63) is 121 Å². The topological polar surface area (TPSA) is 133 Å². The molecule has 13 heteroatoms. The average molecular weight is 751 g/mol. The third kappa shape index (κ3) is 5.54. The number of hydrogen-bond donors (Lipinski definition) is 2. The Morgan fingerprint density at radius 3 is 2.68 bits per heavy atom. The van der Waals surface area contributed by atoms with Crippen LogP contribution in [0.15, 0.2) is 70.6 Å². The molecule has 0 fully saturated rings. The van der Waals surface area contributed by atoms with E-state index in [1.54, 1.807) is 52.3 Å². The summed E-state index contributed by atoms with van der Waals surface area (Å²) in [5.41, 5.74) is 4.57. The molecule has 0 radical (unpaired) electrons. The zero-order chi connectivity index (χ0) is 36.6. The monoisotopic (exact) mass is 750 g/mol. The number of pyridine rings is 3. The van der Waals surface area contributed by atoms with Crippen LogP contribution in [0.3, 0.4) is 0 Å². The zero-order valence-electron chi connectivity index (χ0n) is 29.0. The molecule has 5 heterocycles. The van der Waals surface area contributed by atoms with Crippen LogP contribution in [0.25, 0.3) is 22.3 Å². The predicted octanol–water partition coefficient (Wildman–Crippen LogP) is 6.61. The molecule has 0 spiro atoms. The second-order valence-corrected chi connectivity index (χ2v) is 16.5. The van der Waals surface area contributed by atoms with Crippen LogP contribution in [0, 0.1) is 12.7 Å². The minimum Gasteiger partial charge on any atom is -0.458 e. The van der Waals surface area contributed by atoms with Gasteiger partial charge < -0.3 is 24.5 Å². The van der Waals surface area contributed by atoms with Gasteiger partial charge in [0.2, 0.25) is 0 Å². The molecule has 4 aliphatic rings. The van der Waals surface area contributed by atoms with Gasteiger partial charge >= 0.3 is 12.1 Å². The first-order valence-electron chi connectivity index (χ1n) is 17.7. The maximum Gasteiger partial charge on any atom is 0.407 e. The Bertz CT molecular complexity index is 2420. The number of amides is 1. The maximum atomic E-state index is 15.4. The van der Waals surface area contributed by atoms with Crippen LogP contribution in [0.2, 0.25) is 0 Å². The molecule has 4 atom stereocenters. The molecule has 2 aliphatic carbocycles. The number of nitrogens with one attached hydrogen (secondary N) is 1. The fraction of sp³-hybridized carbons (Fsp3) is 0.325. The Balaban J connectivity index is 1.08. The number of esters is 1. The van der Waals surface area contributed by atoms with Crippen LogP contribution in [0.5, 0.6) is 0 Å². The van der Waals surface area contributed by atoms with E-state index in [1.165, 1.54) is 11.6 Å². The standard InChI is InChI=1S/C40H35FN4O6S2/c1-3-40(49)26-16-30-36-24(18-45(30)37(46)25(26)19-50-38(40)47)35-28(12-11-23-20(2)27(41)17-29(43-36)34(23)35)44-39(48)51-31-14-21-8-4-5-9-22(21)15-32(31)52-53-33-10-6-7-13-42-33/h4-10,13,16-17,28,31-32,49H,3,11-12,14-15,18-19H2,1-2H3,(H,44,48)/t28-,31-,32-,40-/m0/s1. The largest absolute Gasteiger partial charge is 0.458 e. The van der Waals surface area contributed by atoms with E-state index in [2.05, 4.69) is 22.4 Å². The van der Waals surface area contributed by atoms with Crippen molar-refractivity contribution in [3.63, 3.8) is 0 Å². The normalized spacial score (nSPS) is 22.3. The Kier molecular flexibility index (Phi) is 8.35. The fourth-order valence-electron chi connectivity index (χ4n) is 8.39. The molecule has 10 nitrogen and oxygen atoms in total. The Morgan fingerprint density at radius 1 is 1.11 bits per heavy atom. The summed E-state index contributed by atoms with van der Waals surface area (Å²) in [6, 6.07) is 16.5. The van der Waals surface area contributed by atoms with E-state index in [4.69, 9.17) is 14.5 Å².